The van der Waals surface area contributed by atoms with Crippen LogP contribution in [-0.4, -0.2) is 68.3 Å². The molecule has 0 unspecified atom stereocenters. The zero-order chi connectivity index (χ0) is 35.9. The number of nitrogens with zero attached hydrogens (tertiary/aromatic N) is 1. The lowest BCUT2D eigenvalue weighted by Gasteiger charge is -2.72. The van der Waals surface area contributed by atoms with Crippen molar-refractivity contribution in [2.75, 3.05) is 37.7 Å². The molecule has 5 fully saturated rings. The quantitative estimate of drug-likeness (QED) is 0.159. The topological polar surface area (TPSA) is 93.0 Å². The number of carbonyl (C=O) groups is 1. The second-order valence-corrected chi connectivity index (χ2v) is 21.5. The highest BCUT2D eigenvalue weighted by atomic mass is 32.3. The van der Waals surface area contributed by atoms with Gasteiger partial charge in [-0.15, -0.1) is 0 Å². The van der Waals surface area contributed by atoms with Crippen LogP contribution < -0.4 is 5.32 Å². The fraction of sp³-hybridized carbons (Fsp3) is 0.744. The van der Waals surface area contributed by atoms with Crippen molar-refractivity contribution in [1.29, 1.82) is 0 Å². The van der Waals surface area contributed by atoms with Gasteiger partial charge in [0.15, 0.2) is 0 Å². The van der Waals surface area contributed by atoms with E-state index in [4.69, 9.17) is 0 Å². The number of allylic oxidation sites excluding steroid dienone is 3. The van der Waals surface area contributed by atoms with Crippen molar-refractivity contribution >= 4 is 22.1 Å². The summed E-state index contributed by atoms with van der Waals surface area (Å²) in [4.78, 5) is 14.0. The number of benzene rings is 1. The largest absolute Gasteiger partial charge is 0.478 e. The molecule has 1 aromatic rings. The van der Waals surface area contributed by atoms with Gasteiger partial charge in [0.1, 0.15) is 0 Å². The van der Waals surface area contributed by atoms with Gasteiger partial charge < -0.3 is 15.3 Å². The summed E-state index contributed by atoms with van der Waals surface area (Å²) >= 11 is 0. The maximum absolute atomic E-state index is 11.6. The average Bonchev–Trinajstić information content (AvgIpc) is 3.44. The summed E-state index contributed by atoms with van der Waals surface area (Å²) in [7, 11) is -2.34. The van der Waals surface area contributed by atoms with E-state index in [9.17, 15) is 19.0 Å². The maximum atomic E-state index is 11.6. The zero-order valence-electron chi connectivity index (χ0n) is 31.9. The molecule has 278 valence electrons. The molecule has 6 nitrogen and oxygen atoms in total. The van der Waals surface area contributed by atoms with Crippen LogP contribution in [0.5, 0.6) is 0 Å². The van der Waals surface area contributed by atoms with Crippen molar-refractivity contribution in [3.05, 3.63) is 53.6 Å². The van der Waals surface area contributed by atoms with Crippen LogP contribution in [0, 0.1) is 51.2 Å². The maximum Gasteiger partial charge on any atom is 0.335 e. The van der Waals surface area contributed by atoms with E-state index in [1.165, 1.54) is 68.1 Å². The zero-order valence-corrected chi connectivity index (χ0v) is 32.7. The minimum atomic E-state index is -2.34. The third-order valence-electron chi connectivity index (χ3n) is 16.7. The Labute approximate surface area is 304 Å². The molecule has 1 aromatic carbocycles. The van der Waals surface area contributed by atoms with Gasteiger partial charge in [-0.3, -0.25) is 9.11 Å². The molecular formula is C43H66N2O4S. The smallest absolute Gasteiger partial charge is 0.335 e. The summed E-state index contributed by atoms with van der Waals surface area (Å²) in [5, 5.41) is 13.8. The fourth-order valence-corrected chi connectivity index (χ4v) is 15.3. The van der Waals surface area contributed by atoms with Gasteiger partial charge in [-0.05, 0) is 159 Å². The third kappa shape index (κ3) is 5.70. The molecule has 4 N–H and O–H groups in total. The Bertz CT molecular complexity index is 1510. The number of fused-ring (bicyclic) bond motifs is 7. The van der Waals surface area contributed by atoms with Crippen molar-refractivity contribution in [2.45, 2.75) is 111 Å². The number of rotatable bonds is 8. The molecule has 5 aliphatic carbocycles. The van der Waals surface area contributed by atoms with Gasteiger partial charge in [-0.2, -0.15) is 10.6 Å². The van der Waals surface area contributed by atoms with Crippen LogP contribution in [0.15, 0.2) is 42.5 Å². The first-order valence-corrected chi connectivity index (χ1v) is 21.8. The summed E-state index contributed by atoms with van der Waals surface area (Å²) in [5.74, 6) is 3.43. The van der Waals surface area contributed by atoms with E-state index in [1.54, 1.807) is 12.1 Å². The Morgan fingerprint density at radius 1 is 0.920 bits per heavy atom. The lowest BCUT2D eigenvalue weighted by atomic mass is 9.33. The minimum absolute atomic E-state index is 0.0215. The molecule has 1 saturated heterocycles. The number of carboxylic acid groups (broad SMARTS) is 1. The highest BCUT2D eigenvalue weighted by Crippen LogP contribution is 2.76. The Morgan fingerprint density at radius 3 is 2.28 bits per heavy atom. The lowest BCUT2D eigenvalue weighted by Crippen LogP contribution is -2.68. The Balaban J connectivity index is 1.12. The molecule has 4 saturated carbocycles. The van der Waals surface area contributed by atoms with Gasteiger partial charge in [-0.25, -0.2) is 4.79 Å². The molecule has 0 amide bonds. The normalized spacial score (nSPS) is 42.6. The second-order valence-electron chi connectivity index (χ2n) is 19.1. The van der Waals surface area contributed by atoms with Crippen LogP contribution >= 0.6 is 10.6 Å². The summed E-state index contributed by atoms with van der Waals surface area (Å²) < 4.78 is 20.1. The molecule has 9 atom stereocenters. The summed E-state index contributed by atoms with van der Waals surface area (Å²) in [6, 6.07) is 7.61. The molecule has 6 aliphatic rings. The number of carboxylic acids is 1. The Kier molecular flexibility index (Phi) is 9.36. The molecule has 0 bridgehead atoms. The SMILES string of the molecule is C=C(C)[C@@H]1CC[C@]2(NCCCN3CCS(O)(O)CC3)CC[C@]3(C)[C@H](CC[C@@H]4[C@@]5(C)CC=C(c6ccc(C(=O)O)cc6)C(C)(C)[C@@H]5CC[C@]43C)[C@@H]12. The average molecular weight is 707 g/mol. The number of nitrogens with one attached hydrogen (secondary N) is 1. The van der Waals surface area contributed by atoms with Gasteiger partial charge in [0, 0.05) is 18.6 Å². The molecule has 1 aliphatic heterocycles. The van der Waals surface area contributed by atoms with E-state index in [1.807, 2.05) is 12.1 Å². The van der Waals surface area contributed by atoms with Crippen molar-refractivity contribution in [1.82, 2.24) is 10.2 Å². The molecule has 0 aromatic heterocycles. The van der Waals surface area contributed by atoms with Crippen LogP contribution in [0.1, 0.15) is 122 Å². The van der Waals surface area contributed by atoms with Crippen LogP contribution in [0.3, 0.4) is 0 Å². The van der Waals surface area contributed by atoms with Crippen molar-refractivity contribution in [3.63, 3.8) is 0 Å². The molecular weight excluding hydrogens is 641 g/mol. The van der Waals surface area contributed by atoms with E-state index in [-0.39, 0.29) is 16.4 Å². The van der Waals surface area contributed by atoms with E-state index >= 15 is 0 Å². The summed E-state index contributed by atoms with van der Waals surface area (Å²) in [5.41, 5.74) is 5.40. The minimum Gasteiger partial charge on any atom is -0.478 e. The van der Waals surface area contributed by atoms with E-state index in [0.717, 1.165) is 39.0 Å². The molecule has 0 radical (unpaired) electrons. The number of aromatic carboxylic acids is 1. The first-order valence-electron chi connectivity index (χ1n) is 19.9. The highest BCUT2D eigenvalue weighted by molar-refractivity contribution is 8.24. The third-order valence-corrected chi connectivity index (χ3v) is 18.4. The molecule has 7 rings (SSSR count). The highest BCUT2D eigenvalue weighted by Gasteiger charge is 2.70. The monoisotopic (exact) mass is 706 g/mol. The summed E-state index contributed by atoms with van der Waals surface area (Å²) in [6.07, 6.45) is 15.1. The lowest BCUT2D eigenvalue weighted by molar-refractivity contribution is -0.219. The molecule has 7 heteroatoms. The van der Waals surface area contributed by atoms with E-state index in [2.05, 4.69) is 64.4 Å². The van der Waals surface area contributed by atoms with E-state index in [0.29, 0.717) is 57.5 Å². The first-order chi connectivity index (χ1) is 23.5. The Morgan fingerprint density at radius 2 is 1.62 bits per heavy atom. The molecule has 50 heavy (non-hydrogen) atoms. The summed E-state index contributed by atoms with van der Waals surface area (Å²) in [6.45, 7) is 23.6. The van der Waals surface area contributed by atoms with Gasteiger partial charge >= 0.3 is 5.97 Å². The predicted octanol–water partition coefficient (Wildman–Crippen LogP) is 9.83. The van der Waals surface area contributed by atoms with Crippen molar-refractivity contribution in [3.8, 4) is 0 Å². The van der Waals surface area contributed by atoms with Crippen LogP contribution in [0.2, 0.25) is 0 Å². The second kappa shape index (κ2) is 12.7. The predicted molar refractivity (Wildman–Crippen MR) is 208 cm³/mol. The van der Waals surface area contributed by atoms with Crippen molar-refractivity contribution < 1.29 is 19.0 Å². The standard InChI is InChI=1S/C43H66N2O4S/c1-29(2)32-15-20-43(44-23-8-24-45-25-27-50(48,49)28-26-45)22-21-41(6)34(37(32)43)13-14-36-40(5)18-16-33(30-9-11-31(12-10-30)38(46)47)39(3,4)35(40)17-19-42(36,41)7/h9-12,16,32,34-37,44,48-49H,1,8,13-15,17-28H2,2-7H3,(H,46,47)/t32-,34+,35-,36+,37+,40-,41+,42+,43-/m0/s1. The molecule has 0 spiro atoms. The van der Waals surface area contributed by atoms with Gasteiger partial charge in [-0.1, -0.05) is 65.0 Å². The van der Waals surface area contributed by atoms with Gasteiger partial charge in [0.05, 0.1) is 17.1 Å². The number of hydrogen-bond donors (Lipinski definition) is 4. The van der Waals surface area contributed by atoms with Crippen LogP contribution in [-0.2, 0) is 0 Å². The number of hydrogen-bond acceptors (Lipinski definition) is 5. The van der Waals surface area contributed by atoms with Crippen LogP contribution in [0.25, 0.3) is 5.57 Å². The Hall–Kier alpha value is -1.64. The van der Waals surface area contributed by atoms with Gasteiger partial charge in [0.2, 0.25) is 0 Å². The molecule has 1 heterocycles. The van der Waals surface area contributed by atoms with E-state index < -0.39 is 16.6 Å². The first kappa shape index (κ1) is 36.7. The van der Waals surface area contributed by atoms with Gasteiger partial charge in [0.25, 0.3) is 0 Å². The van der Waals surface area contributed by atoms with Crippen molar-refractivity contribution in [2.24, 2.45) is 51.2 Å². The van der Waals surface area contributed by atoms with Crippen LogP contribution in [0.4, 0.5) is 0 Å². The fourth-order valence-electron chi connectivity index (χ4n) is 14.0.